The summed E-state index contributed by atoms with van der Waals surface area (Å²) in [5.74, 6) is 0.682. The molecule has 20 heavy (non-hydrogen) atoms. The molecule has 108 valence electrons. The quantitative estimate of drug-likeness (QED) is 0.873. The van der Waals surface area contributed by atoms with Crippen LogP contribution in [0.4, 0.5) is 0 Å². The van der Waals surface area contributed by atoms with Gasteiger partial charge in [0.1, 0.15) is 0 Å². The SMILES string of the molecule is CCNC(c1cccc(CC(C)C)c1)c1cnn(C)c1. The zero-order valence-electron chi connectivity index (χ0n) is 12.9. The van der Waals surface area contributed by atoms with Crippen LogP contribution in [0, 0.1) is 5.92 Å². The molecule has 0 spiro atoms. The summed E-state index contributed by atoms with van der Waals surface area (Å²) in [6.07, 6.45) is 5.16. The highest BCUT2D eigenvalue weighted by molar-refractivity contribution is 5.32. The molecule has 0 bridgehead atoms. The van der Waals surface area contributed by atoms with Crippen molar-refractivity contribution >= 4 is 0 Å². The molecule has 1 unspecified atom stereocenters. The van der Waals surface area contributed by atoms with Crippen molar-refractivity contribution < 1.29 is 0 Å². The average molecular weight is 271 g/mol. The van der Waals surface area contributed by atoms with Gasteiger partial charge in [-0.3, -0.25) is 4.68 Å². The Hall–Kier alpha value is -1.61. The summed E-state index contributed by atoms with van der Waals surface area (Å²) in [5, 5.41) is 7.85. The number of nitrogens with one attached hydrogen (secondary N) is 1. The fourth-order valence-electron chi connectivity index (χ4n) is 2.59. The van der Waals surface area contributed by atoms with Gasteiger partial charge in [0.15, 0.2) is 0 Å². The third-order valence-corrected chi connectivity index (χ3v) is 3.39. The smallest absolute Gasteiger partial charge is 0.0607 e. The van der Waals surface area contributed by atoms with E-state index in [0.29, 0.717) is 5.92 Å². The fourth-order valence-corrected chi connectivity index (χ4v) is 2.59. The molecule has 0 aliphatic heterocycles. The van der Waals surface area contributed by atoms with Crippen LogP contribution < -0.4 is 5.32 Å². The number of hydrogen-bond donors (Lipinski definition) is 1. The first-order chi connectivity index (χ1) is 9.60. The van der Waals surface area contributed by atoms with Gasteiger partial charge in [0.2, 0.25) is 0 Å². The van der Waals surface area contributed by atoms with E-state index in [2.05, 4.69) is 61.6 Å². The molecule has 0 radical (unpaired) electrons. The van der Waals surface area contributed by atoms with Crippen LogP contribution in [0.2, 0.25) is 0 Å². The van der Waals surface area contributed by atoms with Gasteiger partial charge >= 0.3 is 0 Å². The summed E-state index contributed by atoms with van der Waals surface area (Å²) in [5.41, 5.74) is 3.94. The Morgan fingerprint density at radius 2 is 2.05 bits per heavy atom. The van der Waals surface area contributed by atoms with Crippen molar-refractivity contribution in [2.24, 2.45) is 13.0 Å². The van der Waals surface area contributed by atoms with Crippen LogP contribution in [-0.2, 0) is 13.5 Å². The summed E-state index contributed by atoms with van der Waals surface area (Å²) in [4.78, 5) is 0. The van der Waals surface area contributed by atoms with E-state index in [1.165, 1.54) is 16.7 Å². The highest BCUT2D eigenvalue weighted by Gasteiger charge is 2.15. The third kappa shape index (κ3) is 3.70. The molecule has 0 aliphatic rings. The standard InChI is InChI=1S/C17H25N3/c1-5-18-17(16-11-19-20(4)12-16)15-8-6-7-14(10-15)9-13(2)3/h6-8,10-13,17-18H,5,9H2,1-4H3. The molecule has 1 aromatic heterocycles. The van der Waals surface area contributed by atoms with Gasteiger partial charge < -0.3 is 5.32 Å². The van der Waals surface area contributed by atoms with E-state index >= 15 is 0 Å². The van der Waals surface area contributed by atoms with Crippen LogP contribution in [0.25, 0.3) is 0 Å². The van der Waals surface area contributed by atoms with Crippen LogP contribution in [0.15, 0.2) is 36.7 Å². The van der Waals surface area contributed by atoms with E-state index in [-0.39, 0.29) is 6.04 Å². The van der Waals surface area contributed by atoms with Crippen LogP contribution in [0.5, 0.6) is 0 Å². The van der Waals surface area contributed by atoms with Crippen molar-refractivity contribution in [2.45, 2.75) is 33.2 Å². The monoisotopic (exact) mass is 271 g/mol. The second kappa shape index (κ2) is 6.71. The van der Waals surface area contributed by atoms with Crippen molar-refractivity contribution in [1.82, 2.24) is 15.1 Å². The summed E-state index contributed by atoms with van der Waals surface area (Å²) < 4.78 is 1.86. The molecule has 0 saturated carbocycles. The van der Waals surface area contributed by atoms with Gasteiger partial charge in [0.25, 0.3) is 0 Å². The Balaban J connectivity index is 2.29. The third-order valence-electron chi connectivity index (χ3n) is 3.39. The first-order valence-electron chi connectivity index (χ1n) is 7.41. The molecule has 0 fully saturated rings. The van der Waals surface area contributed by atoms with E-state index in [1.807, 2.05) is 17.9 Å². The van der Waals surface area contributed by atoms with Gasteiger partial charge in [-0.05, 0) is 30.0 Å². The van der Waals surface area contributed by atoms with Crippen LogP contribution in [0.1, 0.15) is 43.5 Å². The first-order valence-corrected chi connectivity index (χ1v) is 7.41. The predicted octanol–water partition coefficient (Wildman–Crippen LogP) is 3.32. The molecule has 0 aliphatic carbocycles. The van der Waals surface area contributed by atoms with E-state index < -0.39 is 0 Å². The first kappa shape index (κ1) is 14.8. The highest BCUT2D eigenvalue weighted by atomic mass is 15.2. The minimum Gasteiger partial charge on any atom is -0.306 e. The van der Waals surface area contributed by atoms with Crippen molar-refractivity contribution in [3.8, 4) is 0 Å². The molecule has 1 atom stereocenters. The predicted molar refractivity (Wildman–Crippen MR) is 83.7 cm³/mol. The maximum Gasteiger partial charge on any atom is 0.0607 e. The maximum atomic E-state index is 4.29. The zero-order chi connectivity index (χ0) is 14.5. The lowest BCUT2D eigenvalue weighted by Crippen LogP contribution is -2.21. The normalized spacial score (nSPS) is 12.8. The van der Waals surface area contributed by atoms with Crippen molar-refractivity contribution in [3.05, 3.63) is 53.3 Å². The van der Waals surface area contributed by atoms with Crippen LogP contribution in [-0.4, -0.2) is 16.3 Å². The number of benzene rings is 1. The molecular weight excluding hydrogens is 246 g/mol. The number of rotatable bonds is 6. The summed E-state index contributed by atoms with van der Waals surface area (Å²) in [6, 6.07) is 9.12. The van der Waals surface area contributed by atoms with Gasteiger partial charge in [-0.2, -0.15) is 5.10 Å². The summed E-state index contributed by atoms with van der Waals surface area (Å²) >= 11 is 0. The summed E-state index contributed by atoms with van der Waals surface area (Å²) in [7, 11) is 1.96. The van der Waals surface area contributed by atoms with Gasteiger partial charge in [0, 0.05) is 18.8 Å². The Bertz CT molecular complexity index is 543. The molecular formula is C17H25N3. The molecule has 3 heteroatoms. The topological polar surface area (TPSA) is 29.9 Å². The van der Waals surface area contributed by atoms with E-state index in [1.54, 1.807) is 0 Å². The molecule has 0 saturated heterocycles. The Labute approximate surface area is 122 Å². The van der Waals surface area contributed by atoms with Gasteiger partial charge in [-0.1, -0.05) is 45.0 Å². The number of aromatic nitrogens is 2. The van der Waals surface area contributed by atoms with Crippen molar-refractivity contribution in [1.29, 1.82) is 0 Å². The minimum absolute atomic E-state index is 0.223. The molecule has 1 heterocycles. The lowest BCUT2D eigenvalue weighted by atomic mass is 9.96. The molecule has 3 nitrogen and oxygen atoms in total. The Morgan fingerprint density at radius 3 is 2.65 bits per heavy atom. The van der Waals surface area contributed by atoms with E-state index in [9.17, 15) is 0 Å². The highest BCUT2D eigenvalue weighted by Crippen LogP contribution is 2.23. The maximum absolute atomic E-state index is 4.29. The molecule has 0 amide bonds. The second-order valence-corrected chi connectivity index (χ2v) is 5.78. The lowest BCUT2D eigenvalue weighted by Gasteiger charge is -2.18. The van der Waals surface area contributed by atoms with E-state index in [4.69, 9.17) is 0 Å². The summed E-state index contributed by atoms with van der Waals surface area (Å²) in [6.45, 7) is 7.60. The molecule has 2 aromatic rings. The van der Waals surface area contributed by atoms with Crippen molar-refractivity contribution in [3.63, 3.8) is 0 Å². The van der Waals surface area contributed by atoms with Gasteiger partial charge in [0.05, 0.1) is 12.2 Å². The van der Waals surface area contributed by atoms with Crippen LogP contribution in [0.3, 0.4) is 0 Å². The minimum atomic E-state index is 0.223. The fraction of sp³-hybridized carbons (Fsp3) is 0.471. The molecule has 2 rings (SSSR count). The van der Waals surface area contributed by atoms with Gasteiger partial charge in [-0.25, -0.2) is 0 Å². The number of aryl methyl sites for hydroxylation is 1. The van der Waals surface area contributed by atoms with E-state index in [0.717, 1.165) is 13.0 Å². The lowest BCUT2D eigenvalue weighted by molar-refractivity contribution is 0.623. The Kier molecular flexibility index (Phi) is 4.96. The van der Waals surface area contributed by atoms with Crippen LogP contribution >= 0.6 is 0 Å². The number of nitrogens with zero attached hydrogens (tertiary/aromatic N) is 2. The molecule has 1 aromatic carbocycles. The second-order valence-electron chi connectivity index (χ2n) is 5.78. The number of hydrogen-bond acceptors (Lipinski definition) is 2. The van der Waals surface area contributed by atoms with Crippen molar-refractivity contribution in [2.75, 3.05) is 6.54 Å². The van der Waals surface area contributed by atoms with Gasteiger partial charge in [-0.15, -0.1) is 0 Å². The Morgan fingerprint density at radius 1 is 1.25 bits per heavy atom. The average Bonchev–Trinajstić information content (AvgIpc) is 2.82. The molecule has 1 N–H and O–H groups in total. The largest absolute Gasteiger partial charge is 0.306 e. The zero-order valence-corrected chi connectivity index (χ0v) is 12.9.